The van der Waals surface area contributed by atoms with Crippen LogP contribution in [-0.4, -0.2) is 30.5 Å². The standard InChI is InChI=1S/C14H17Cl2NO2/c1-10-2-4-17(5-3-10)14(18)9-19-13-7-11(15)6-12(16)8-13/h6-8,10H,2-5,9H2,1H3. The lowest BCUT2D eigenvalue weighted by Gasteiger charge is -2.30. The summed E-state index contributed by atoms with van der Waals surface area (Å²) in [6.45, 7) is 3.89. The summed E-state index contributed by atoms with van der Waals surface area (Å²) < 4.78 is 5.45. The topological polar surface area (TPSA) is 29.5 Å². The van der Waals surface area contributed by atoms with Crippen molar-refractivity contribution in [1.29, 1.82) is 0 Å². The molecule has 1 aromatic carbocycles. The van der Waals surface area contributed by atoms with Gasteiger partial charge in [0.05, 0.1) is 0 Å². The van der Waals surface area contributed by atoms with Crippen molar-refractivity contribution in [3.63, 3.8) is 0 Å². The van der Waals surface area contributed by atoms with Crippen LogP contribution in [0.25, 0.3) is 0 Å². The van der Waals surface area contributed by atoms with E-state index in [1.807, 2.05) is 4.90 Å². The Kier molecular flexibility index (Phi) is 4.94. The summed E-state index contributed by atoms with van der Waals surface area (Å²) in [6.07, 6.45) is 2.13. The third-order valence-corrected chi connectivity index (χ3v) is 3.77. The highest BCUT2D eigenvalue weighted by Gasteiger charge is 2.20. The van der Waals surface area contributed by atoms with Gasteiger partial charge in [0.2, 0.25) is 0 Å². The second-order valence-electron chi connectivity index (χ2n) is 4.96. The van der Waals surface area contributed by atoms with Gasteiger partial charge in [0.15, 0.2) is 6.61 Å². The molecule has 0 unspecified atom stereocenters. The van der Waals surface area contributed by atoms with Crippen LogP contribution in [-0.2, 0) is 4.79 Å². The van der Waals surface area contributed by atoms with Gasteiger partial charge in [-0.3, -0.25) is 4.79 Å². The molecule has 19 heavy (non-hydrogen) atoms. The number of nitrogens with zero attached hydrogens (tertiary/aromatic N) is 1. The Morgan fingerprint density at radius 1 is 1.26 bits per heavy atom. The molecule has 5 heteroatoms. The first kappa shape index (κ1) is 14.5. The van der Waals surface area contributed by atoms with Gasteiger partial charge in [0.1, 0.15) is 5.75 Å². The molecule has 0 aromatic heterocycles. The molecule has 1 fully saturated rings. The van der Waals surface area contributed by atoms with Crippen molar-refractivity contribution in [1.82, 2.24) is 4.90 Å². The Labute approximate surface area is 123 Å². The first-order valence-electron chi connectivity index (χ1n) is 6.41. The fourth-order valence-electron chi connectivity index (χ4n) is 2.11. The van der Waals surface area contributed by atoms with Crippen molar-refractivity contribution in [2.24, 2.45) is 5.92 Å². The monoisotopic (exact) mass is 301 g/mol. The van der Waals surface area contributed by atoms with Gasteiger partial charge < -0.3 is 9.64 Å². The van der Waals surface area contributed by atoms with Crippen molar-refractivity contribution in [3.05, 3.63) is 28.2 Å². The van der Waals surface area contributed by atoms with Gasteiger partial charge in [0, 0.05) is 23.1 Å². The molecule has 1 heterocycles. The minimum Gasteiger partial charge on any atom is -0.484 e. The zero-order valence-corrected chi connectivity index (χ0v) is 12.4. The molecular formula is C14H17Cl2NO2. The number of hydrogen-bond acceptors (Lipinski definition) is 2. The molecule has 0 saturated carbocycles. The number of carbonyl (C=O) groups is 1. The first-order valence-corrected chi connectivity index (χ1v) is 7.17. The van der Waals surface area contributed by atoms with Crippen molar-refractivity contribution in [2.75, 3.05) is 19.7 Å². The van der Waals surface area contributed by atoms with Gasteiger partial charge in [-0.25, -0.2) is 0 Å². The van der Waals surface area contributed by atoms with E-state index in [2.05, 4.69) is 6.92 Å². The maximum Gasteiger partial charge on any atom is 0.260 e. The zero-order chi connectivity index (χ0) is 13.8. The normalized spacial score (nSPS) is 16.5. The lowest BCUT2D eigenvalue weighted by Crippen LogP contribution is -2.40. The van der Waals surface area contributed by atoms with Gasteiger partial charge in [-0.05, 0) is 37.0 Å². The Hall–Kier alpha value is -0.930. The molecule has 1 aliphatic heterocycles. The average molecular weight is 302 g/mol. The molecule has 1 saturated heterocycles. The van der Waals surface area contributed by atoms with E-state index in [0.29, 0.717) is 21.7 Å². The molecule has 1 aliphatic rings. The maximum atomic E-state index is 12.0. The summed E-state index contributed by atoms with van der Waals surface area (Å²) in [6, 6.07) is 4.93. The number of carbonyl (C=O) groups excluding carboxylic acids is 1. The molecule has 1 aromatic rings. The second kappa shape index (κ2) is 6.49. The molecule has 0 aliphatic carbocycles. The average Bonchev–Trinajstić information content (AvgIpc) is 2.36. The van der Waals surface area contributed by atoms with Crippen molar-refractivity contribution >= 4 is 29.1 Å². The van der Waals surface area contributed by atoms with Gasteiger partial charge in [0.25, 0.3) is 5.91 Å². The van der Waals surface area contributed by atoms with Crippen LogP contribution in [0.15, 0.2) is 18.2 Å². The molecule has 1 amide bonds. The Morgan fingerprint density at radius 3 is 2.42 bits per heavy atom. The Bertz CT molecular complexity index is 437. The minimum atomic E-state index is 0.0167. The van der Waals surface area contributed by atoms with Gasteiger partial charge in [-0.2, -0.15) is 0 Å². The maximum absolute atomic E-state index is 12.0. The summed E-state index contributed by atoms with van der Waals surface area (Å²) in [4.78, 5) is 13.8. The second-order valence-corrected chi connectivity index (χ2v) is 5.83. The highest BCUT2D eigenvalue weighted by Crippen LogP contribution is 2.24. The van der Waals surface area contributed by atoms with E-state index >= 15 is 0 Å². The number of likely N-dealkylation sites (tertiary alicyclic amines) is 1. The molecule has 0 spiro atoms. The largest absolute Gasteiger partial charge is 0.484 e. The molecule has 0 N–H and O–H groups in total. The lowest BCUT2D eigenvalue weighted by molar-refractivity contribution is -0.134. The van der Waals surface area contributed by atoms with Crippen LogP contribution >= 0.6 is 23.2 Å². The number of rotatable bonds is 3. The fourth-order valence-corrected chi connectivity index (χ4v) is 2.61. The fraction of sp³-hybridized carbons (Fsp3) is 0.500. The smallest absolute Gasteiger partial charge is 0.260 e. The summed E-state index contributed by atoms with van der Waals surface area (Å²) >= 11 is 11.7. The summed E-state index contributed by atoms with van der Waals surface area (Å²) in [5, 5.41) is 1.00. The Morgan fingerprint density at radius 2 is 1.84 bits per heavy atom. The third-order valence-electron chi connectivity index (χ3n) is 3.33. The lowest BCUT2D eigenvalue weighted by atomic mass is 9.99. The number of halogens is 2. The van der Waals surface area contributed by atoms with Crippen LogP contribution in [0.1, 0.15) is 19.8 Å². The summed E-state index contributed by atoms with van der Waals surface area (Å²) in [5.41, 5.74) is 0. The highest BCUT2D eigenvalue weighted by atomic mass is 35.5. The van der Waals surface area contributed by atoms with E-state index < -0.39 is 0 Å². The molecule has 104 valence electrons. The SMILES string of the molecule is CC1CCN(C(=O)COc2cc(Cl)cc(Cl)c2)CC1. The number of amides is 1. The summed E-state index contributed by atoms with van der Waals surface area (Å²) in [5.74, 6) is 1.25. The predicted molar refractivity (Wildman–Crippen MR) is 76.9 cm³/mol. The molecule has 2 rings (SSSR count). The van der Waals surface area contributed by atoms with Gasteiger partial charge >= 0.3 is 0 Å². The molecular weight excluding hydrogens is 285 g/mol. The van der Waals surface area contributed by atoms with Crippen LogP contribution in [0.2, 0.25) is 10.0 Å². The van der Waals surface area contributed by atoms with E-state index in [9.17, 15) is 4.79 Å². The van der Waals surface area contributed by atoms with Gasteiger partial charge in [-0.1, -0.05) is 30.1 Å². The number of hydrogen-bond donors (Lipinski definition) is 0. The van der Waals surface area contributed by atoms with Crippen LogP contribution < -0.4 is 4.74 Å². The highest BCUT2D eigenvalue weighted by molar-refractivity contribution is 6.34. The van der Waals surface area contributed by atoms with E-state index in [-0.39, 0.29) is 12.5 Å². The molecule has 3 nitrogen and oxygen atoms in total. The van der Waals surface area contributed by atoms with Crippen LogP contribution in [0.3, 0.4) is 0 Å². The number of ether oxygens (including phenoxy) is 1. The zero-order valence-electron chi connectivity index (χ0n) is 10.9. The quantitative estimate of drug-likeness (QED) is 0.853. The van der Waals surface area contributed by atoms with E-state index in [1.54, 1.807) is 18.2 Å². The Balaban J connectivity index is 1.86. The van der Waals surface area contributed by atoms with Crippen molar-refractivity contribution in [3.8, 4) is 5.75 Å². The molecule has 0 atom stereocenters. The van der Waals surface area contributed by atoms with E-state index in [0.717, 1.165) is 25.9 Å². The van der Waals surface area contributed by atoms with Crippen molar-refractivity contribution < 1.29 is 9.53 Å². The number of benzene rings is 1. The van der Waals surface area contributed by atoms with E-state index in [1.165, 1.54) is 0 Å². The van der Waals surface area contributed by atoms with Crippen molar-refractivity contribution in [2.45, 2.75) is 19.8 Å². The minimum absolute atomic E-state index is 0.0167. The van der Waals surface area contributed by atoms with Crippen LogP contribution in [0.4, 0.5) is 0 Å². The summed E-state index contributed by atoms with van der Waals surface area (Å²) in [7, 11) is 0. The molecule has 0 bridgehead atoms. The van der Waals surface area contributed by atoms with Crippen LogP contribution in [0, 0.1) is 5.92 Å². The predicted octanol–water partition coefficient (Wildman–Crippen LogP) is 3.63. The third kappa shape index (κ3) is 4.29. The van der Waals surface area contributed by atoms with Gasteiger partial charge in [-0.15, -0.1) is 0 Å². The van der Waals surface area contributed by atoms with Crippen LogP contribution in [0.5, 0.6) is 5.75 Å². The van der Waals surface area contributed by atoms with E-state index in [4.69, 9.17) is 27.9 Å². The number of piperidine rings is 1. The first-order chi connectivity index (χ1) is 9.04. The molecule has 0 radical (unpaired) electrons.